The van der Waals surface area contributed by atoms with Crippen LogP contribution in [0.2, 0.25) is 0 Å². The van der Waals surface area contributed by atoms with Crippen molar-refractivity contribution in [3.63, 3.8) is 0 Å². The number of aliphatic imine (C=N–C) groups is 1. The Morgan fingerprint density at radius 3 is 2.07 bits per heavy atom. The minimum atomic E-state index is -0.672. The number of ether oxygens (including phenoxy) is 1. The Morgan fingerprint density at radius 2 is 1.34 bits per heavy atom. The van der Waals surface area contributed by atoms with Crippen molar-refractivity contribution in [2.75, 3.05) is 11.9 Å². The second-order valence-corrected chi connectivity index (χ2v) is 8.53. The summed E-state index contributed by atoms with van der Waals surface area (Å²) in [4.78, 5) is 7.28. The van der Waals surface area contributed by atoms with Crippen molar-refractivity contribution < 1.29 is 4.74 Å². The third kappa shape index (κ3) is 1.90. The van der Waals surface area contributed by atoms with Crippen molar-refractivity contribution in [1.29, 1.82) is 0 Å². The number of hydrogen-bond acceptors (Lipinski definition) is 3. The lowest BCUT2D eigenvalue weighted by molar-refractivity contribution is 0.0844. The third-order valence-corrected chi connectivity index (χ3v) is 6.82. The molecule has 0 aromatic heterocycles. The van der Waals surface area contributed by atoms with E-state index in [0.717, 1.165) is 22.2 Å². The Hall–Kier alpha value is -3.33. The second-order valence-electron chi connectivity index (χ2n) is 8.53. The van der Waals surface area contributed by atoms with Crippen LogP contribution in [0.5, 0.6) is 5.75 Å². The number of nitrogens with zero attached hydrogens (tertiary/aromatic N) is 2. The molecule has 0 unspecified atom stereocenters. The molecular weight excluding hydrogens is 356 g/mol. The lowest BCUT2D eigenvalue weighted by Gasteiger charge is -2.45. The fraction of sp³-hybridized carbons (Fsp3) is 0.192. The summed E-state index contributed by atoms with van der Waals surface area (Å²) in [5, 5.41) is 4.65. The summed E-state index contributed by atoms with van der Waals surface area (Å²) >= 11 is 0. The van der Waals surface area contributed by atoms with E-state index in [1.165, 1.54) is 22.0 Å². The number of hydrogen-bond donors (Lipinski definition) is 0. The molecule has 0 N–H and O–H groups in total. The molecule has 4 aromatic carbocycles. The van der Waals surface area contributed by atoms with Crippen LogP contribution in [0.3, 0.4) is 0 Å². The lowest BCUT2D eigenvalue weighted by Crippen LogP contribution is -2.61. The molecule has 0 saturated carbocycles. The van der Waals surface area contributed by atoms with Crippen molar-refractivity contribution in [3.05, 3.63) is 78.4 Å². The van der Waals surface area contributed by atoms with Crippen LogP contribution in [0.15, 0.2) is 77.8 Å². The van der Waals surface area contributed by atoms with Crippen molar-refractivity contribution in [2.24, 2.45) is 4.99 Å². The summed E-state index contributed by atoms with van der Waals surface area (Å²) in [5.74, 6) is 0.870. The van der Waals surface area contributed by atoms with Crippen LogP contribution in [-0.4, -0.2) is 19.0 Å². The van der Waals surface area contributed by atoms with Crippen LogP contribution < -0.4 is 9.64 Å². The Labute approximate surface area is 170 Å². The first-order chi connectivity index (χ1) is 14.0. The molecule has 6 rings (SSSR count). The Bertz CT molecular complexity index is 1340. The summed E-state index contributed by atoms with van der Waals surface area (Å²) < 4.78 is 6.99. The maximum absolute atomic E-state index is 6.99. The SMILES string of the molecule is CN1c2ccccc2C(C)(C)[C@]12C=Nc1c(c3ccccc3c3ccccc13)O2. The standard InChI is InChI=1S/C26H22N2O/c1-25(2)21-14-8-9-15-22(21)28(3)26(25)16-27-23-19-12-6-4-10-17(19)18-11-5-7-13-20(18)24(23)29-26/h4-16H,1-3H3/t26-/m1/s1. The van der Waals surface area contributed by atoms with Gasteiger partial charge in [-0.15, -0.1) is 0 Å². The van der Waals surface area contributed by atoms with Gasteiger partial charge in [0.1, 0.15) is 5.69 Å². The Morgan fingerprint density at radius 1 is 0.759 bits per heavy atom. The van der Waals surface area contributed by atoms with Crippen LogP contribution >= 0.6 is 0 Å². The topological polar surface area (TPSA) is 24.8 Å². The van der Waals surface area contributed by atoms with Crippen molar-refractivity contribution >= 4 is 39.1 Å². The predicted molar refractivity (Wildman–Crippen MR) is 121 cm³/mol. The average Bonchev–Trinajstić information content (AvgIpc) is 2.93. The first-order valence-electron chi connectivity index (χ1n) is 10.1. The molecule has 0 aliphatic carbocycles. The molecule has 0 bridgehead atoms. The van der Waals surface area contributed by atoms with Crippen LogP contribution in [0, 0.1) is 0 Å². The normalized spacial score (nSPS) is 21.4. The van der Waals surface area contributed by atoms with Crippen LogP contribution in [-0.2, 0) is 5.41 Å². The smallest absolute Gasteiger partial charge is 0.228 e. The number of fused-ring (bicyclic) bond motifs is 7. The zero-order valence-electron chi connectivity index (χ0n) is 16.8. The molecule has 3 nitrogen and oxygen atoms in total. The first-order valence-corrected chi connectivity index (χ1v) is 10.1. The van der Waals surface area contributed by atoms with Crippen LogP contribution in [0.25, 0.3) is 21.5 Å². The molecule has 1 atom stereocenters. The van der Waals surface area contributed by atoms with Crippen LogP contribution in [0.4, 0.5) is 11.4 Å². The zero-order valence-corrected chi connectivity index (χ0v) is 16.8. The zero-order chi connectivity index (χ0) is 19.8. The van der Waals surface area contributed by atoms with Gasteiger partial charge in [-0.05, 0) is 36.2 Å². The number of anilines is 1. The highest BCUT2D eigenvalue weighted by Crippen LogP contribution is 2.55. The highest BCUT2D eigenvalue weighted by molar-refractivity contribution is 6.17. The fourth-order valence-corrected chi connectivity index (χ4v) is 5.19. The van der Waals surface area contributed by atoms with Gasteiger partial charge >= 0.3 is 0 Å². The first kappa shape index (κ1) is 16.6. The third-order valence-electron chi connectivity index (χ3n) is 6.82. The van der Waals surface area contributed by atoms with Crippen molar-refractivity contribution in [1.82, 2.24) is 0 Å². The van der Waals surface area contributed by atoms with Gasteiger partial charge in [0.05, 0.1) is 11.6 Å². The lowest BCUT2D eigenvalue weighted by atomic mass is 9.77. The quantitative estimate of drug-likeness (QED) is 0.340. The van der Waals surface area contributed by atoms with Gasteiger partial charge in [-0.1, -0.05) is 66.7 Å². The summed E-state index contributed by atoms with van der Waals surface area (Å²) in [6.07, 6.45) is 2.01. The maximum atomic E-state index is 6.99. The molecular formula is C26H22N2O. The van der Waals surface area contributed by atoms with E-state index in [1.807, 2.05) is 6.21 Å². The second kappa shape index (κ2) is 5.38. The molecule has 2 aliphatic rings. The number of benzene rings is 4. The number of likely N-dealkylation sites (N-methyl/N-ethyl adjacent to an activating group) is 1. The van der Waals surface area contributed by atoms with Crippen molar-refractivity contribution in [2.45, 2.75) is 25.0 Å². The van der Waals surface area contributed by atoms with Gasteiger partial charge in [0.15, 0.2) is 5.75 Å². The largest absolute Gasteiger partial charge is 0.459 e. The molecule has 2 aliphatic heterocycles. The van der Waals surface area contributed by atoms with E-state index in [-0.39, 0.29) is 5.41 Å². The minimum absolute atomic E-state index is 0.258. The monoisotopic (exact) mass is 378 g/mol. The molecule has 0 fully saturated rings. The van der Waals surface area contributed by atoms with E-state index in [4.69, 9.17) is 9.73 Å². The van der Waals surface area contributed by atoms with E-state index < -0.39 is 5.72 Å². The van der Waals surface area contributed by atoms with E-state index in [0.29, 0.717) is 0 Å². The average molecular weight is 378 g/mol. The van der Waals surface area contributed by atoms with Gasteiger partial charge < -0.3 is 9.64 Å². The molecule has 0 radical (unpaired) electrons. The molecule has 29 heavy (non-hydrogen) atoms. The van der Waals surface area contributed by atoms with E-state index in [9.17, 15) is 0 Å². The summed E-state index contributed by atoms with van der Waals surface area (Å²) in [7, 11) is 2.10. The van der Waals surface area contributed by atoms with Gasteiger partial charge in [-0.3, -0.25) is 4.99 Å². The molecule has 3 heteroatoms. The minimum Gasteiger partial charge on any atom is -0.459 e. The molecule has 2 heterocycles. The summed E-state index contributed by atoms with van der Waals surface area (Å²) in [5.41, 5.74) is 2.46. The van der Waals surface area contributed by atoms with Crippen molar-refractivity contribution in [3.8, 4) is 5.75 Å². The van der Waals surface area contributed by atoms with E-state index in [2.05, 4.69) is 98.6 Å². The summed E-state index contributed by atoms with van der Waals surface area (Å²) in [6.45, 7) is 4.49. The van der Waals surface area contributed by atoms with Crippen LogP contribution in [0.1, 0.15) is 19.4 Å². The highest BCUT2D eigenvalue weighted by Gasteiger charge is 2.58. The molecule has 142 valence electrons. The number of para-hydroxylation sites is 1. The van der Waals surface area contributed by atoms with Gasteiger partial charge in [0.25, 0.3) is 0 Å². The molecule has 4 aromatic rings. The fourth-order valence-electron chi connectivity index (χ4n) is 5.19. The predicted octanol–water partition coefficient (Wildman–Crippen LogP) is 6.21. The Kier molecular flexibility index (Phi) is 3.08. The van der Waals surface area contributed by atoms with E-state index >= 15 is 0 Å². The highest BCUT2D eigenvalue weighted by atomic mass is 16.5. The maximum Gasteiger partial charge on any atom is 0.228 e. The van der Waals surface area contributed by atoms with Gasteiger partial charge in [-0.2, -0.15) is 0 Å². The van der Waals surface area contributed by atoms with E-state index in [1.54, 1.807) is 0 Å². The van der Waals surface area contributed by atoms with Gasteiger partial charge in [-0.25, -0.2) is 0 Å². The molecule has 0 saturated heterocycles. The molecule has 1 spiro atoms. The van der Waals surface area contributed by atoms with Gasteiger partial charge in [0, 0.05) is 23.5 Å². The Balaban J connectivity index is 1.67. The van der Waals surface area contributed by atoms with Gasteiger partial charge in [0.2, 0.25) is 5.72 Å². The molecule has 0 amide bonds. The summed E-state index contributed by atoms with van der Waals surface area (Å²) in [6, 6.07) is 25.5. The number of rotatable bonds is 0.